The van der Waals surface area contributed by atoms with Gasteiger partial charge in [-0.25, -0.2) is 0 Å². The van der Waals surface area contributed by atoms with Crippen LogP contribution in [0.1, 0.15) is 5.56 Å². The fourth-order valence-corrected chi connectivity index (χ4v) is 1.64. The highest BCUT2D eigenvalue weighted by atomic mass is 16.6. The minimum absolute atomic E-state index is 0.546. The molecule has 1 aliphatic heterocycles. The van der Waals surface area contributed by atoms with Gasteiger partial charge in [0.1, 0.15) is 13.2 Å². The van der Waals surface area contributed by atoms with Gasteiger partial charge in [-0.2, -0.15) is 5.48 Å². The average Bonchev–Trinajstić information content (AvgIpc) is 2.35. The average molecular weight is 225 g/mol. The molecule has 0 aromatic heterocycles. The van der Waals surface area contributed by atoms with E-state index in [0.29, 0.717) is 31.3 Å². The van der Waals surface area contributed by atoms with Crippen molar-refractivity contribution in [3.63, 3.8) is 0 Å². The third-order valence-electron chi connectivity index (χ3n) is 2.36. The van der Waals surface area contributed by atoms with Crippen molar-refractivity contribution in [2.45, 2.75) is 6.54 Å². The largest absolute Gasteiger partial charge is 0.492 e. The van der Waals surface area contributed by atoms with E-state index < -0.39 is 0 Å². The Balaban J connectivity index is 2.31. The van der Waals surface area contributed by atoms with Crippen molar-refractivity contribution in [1.82, 2.24) is 5.48 Å². The third kappa shape index (κ3) is 2.05. The zero-order chi connectivity index (χ0) is 11.4. The van der Waals surface area contributed by atoms with Crippen LogP contribution in [0.4, 0.5) is 0 Å². The maximum Gasteiger partial charge on any atom is 0.204 e. The van der Waals surface area contributed by atoms with Crippen LogP contribution < -0.4 is 19.7 Å². The van der Waals surface area contributed by atoms with E-state index in [0.717, 1.165) is 11.3 Å². The molecule has 1 aromatic carbocycles. The summed E-state index contributed by atoms with van der Waals surface area (Å²) < 4.78 is 16.4. The number of benzene rings is 1. The van der Waals surface area contributed by atoms with Gasteiger partial charge < -0.3 is 19.0 Å². The molecule has 0 atom stereocenters. The molecule has 5 heteroatoms. The molecule has 1 N–H and O–H groups in total. The van der Waals surface area contributed by atoms with Crippen LogP contribution in [0.15, 0.2) is 12.1 Å². The molecule has 0 bridgehead atoms. The summed E-state index contributed by atoms with van der Waals surface area (Å²) in [4.78, 5) is 4.81. The minimum Gasteiger partial charge on any atom is -0.492 e. The van der Waals surface area contributed by atoms with Gasteiger partial charge in [-0.15, -0.1) is 0 Å². The van der Waals surface area contributed by atoms with E-state index in [1.54, 1.807) is 14.2 Å². The van der Waals surface area contributed by atoms with Crippen LogP contribution >= 0.6 is 0 Å². The molecule has 0 radical (unpaired) electrons. The van der Waals surface area contributed by atoms with Gasteiger partial charge >= 0.3 is 0 Å². The number of methoxy groups -OCH3 is 1. The maximum absolute atomic E-state index is 5.55. The smallest absolute Gasteiger partial charge is 0.204 e. The summed E-state index contributed by atoms with van der Waals surface area (Å²) >= 11 is 0. The van der Waals surface area contributed by atoms with Crippen LogP contribution in [0.3, 0.4) is 0 Å². The molecule has 1 aliphatic rings. The molecule has 1 heterocycles. The first kappa shape index (κ1) is 11.0. The Kier molecular flexibility index (Phi) is 3.48. The second-order valence-corrected chi connectivity index (χ2v) is 3.31. The molecule has 1 aromatic rings. The molecule has 0 saturated heterocycles. The topological polar surface area (TPSA) is 49.0 Å². The summed E-state index contributed by atoms with van der Waals surface area (Å²) in [7, 11) is 3.19. The van der Waals surface area contributed by atoms with Crippen molar-refractivity contribution < 1.29 is 19.0 Å². The van der Waals surface area contributed by atoms with Crippen molar-refractivity contribution in [3.05, 3.63) is 17.7 Å². The van der Waals surface area contributed by atoms with E-state index in [-0.39, 0.29) is 0 Å². The summed E-state index contributed by atoms with van der Waals surface area (Å²) in [6.45, 7) is 1.67. The molecule has 0 aliphatic carbocycles. The predicted molar refractivity (Wildman–Crippen MR) is 57.8 cm³/mol. The summed E-state index contributed by atoms with van der Waals surface area (Å²) in [6, 6.07) is 3.81. The molecule has 0 spiro atoms. The zero-order valence-electron chi connectivity index (χ0n) is 9.41. The van der Waals surface area contributed by atoms with Crippen LogP contribution in [0.5, 0.6) is 17.2 Å². The highest BCUT2D eigenvalue weighted by Gasteiger charge is 2.19. The SMILES string of the molecule is CONCc1ccc2c(c1OC)OCCO2. The number of rotatable bonds is 4. The monoisotopic (exact) mass is 225 g/mol. The molecule has 88 valence electrons. The quantitative estimate of drug-likeness (QED) is 0.778. The maximum atomic E-state index is 5.55. The van der Waals surface area contributed by atoms with E-state index in [9.17, 15) is 0 Å². The Bertz CT molecular complexity index is 367. The lowest BCUT2D eigenvalue weighted by Crippen LogP contribution is -2.17. The predicted octanol–water partition coefficient (Wildman–Crippen LogP) is 1.12. The van der Waals surface area contributed by atoms with Gasteiger partial charge in [-0.1, -0.05) is 0 Å². The van der Waals surface area contributed by atoms with Crippen molar-refractivity contribution in [1.29, 1.82) is 0 Å². The third-order valence-corrected chi connectivity index (χ3v) is 2.36. The van der Waals surface area contributed by atoms with Crippen LogP contribution in [-0.4, -0.2) is 27.4 Å². The van der Waals surface area contributed by atoms with Gasteiger partial charge in [-0.3, -0.25) is 0 Å². The molecule has 2 rings (SSSR count). The fourth-order valence-electron chi connectivity index (χ4n) is 1.64. The van der Waals surface area contributed by atoms with Gasteiger partial charge in [-0.05, 0) is 12.1 Å². The lowest BCUT2D eigenvalue weighted by atomic mass is 10.1. The van der Waals surface area contributed by atoms with E-state index >= 15 is 0 Å². The molecule has 0 saturated carbocycles. The van der Waals surface area contributed by atoms with Crippen LogP contribution in [0, 0.1) is 0 Å². The highest BCUT2D eigenvalue weighted by molar-refractivity contribution is 5.56. The van der Waals surface area contributed by atoms with Crippen molar-refractivity contribution in [2.24, 2.45) is 0 Å². The van der Waals surface area contributed by atoms with Crippen LogP contribution in [0.2, 0.25) is 0 Å². The Morgan fingerprint density at radius 2 is 2.06 bits per heavy atom. The Labute approximate surface area is 94.2 Å². The van der Waals surface area contributed by atoms with E-state index in [4.69, 9.17) is 19.0 Å². The van der Waals surface area contributed by atoms with Crippen molar-refractivity contribution >= 4 is 0 Å². The van der Waals surface area contributed by atoms with Gasteiger partial charge in [0.05, 0.1) is 14.2 Å². The number of hydrogen-bond acceptors (Lipinski definition) is 5. The summed E-state index contributed by atoms with van der Waals surface area (Å²) in [5.41, 5.74) is 3.74. The Morgan fingerprint density at radius 3 is 2.81 bits per heavy atom. The molecular weight excluding hydrogens is 210 g/mol. The number of fused-ring (bicyclic) bond motifs is 1. The Hall–Kier alpha value is -1.46. The standard InChI is InChI=1S/C11H15NO4/c1-13-10-8(7-12-14-2)3-4-9-11(10)16-6-5-15-9/h3-4,12H,5-7H2,1-2H3. The van der Waals surface area contributed by atoms with Crippen molar-refractivity contribution in [3.8, 4) is 17.2 Å². The van der Waals surface area contributed by atoms with Crippen LogP contribution in [0.25, 0.3) is 0 Å². The van der Waals surface area contributed by atoms with Crippen LogP contribution in [-0.2, 0) is 11.4 Å². The van der Waals surface area contributed by atoms with E-state index in [1.165, 1.54) is 0 Å². The van der Waals surface area contributed by atoms with Gasteiger partial charge in [0.2, 0.25) is 5.75 Å². The molecular formula is C11H15NO4. The summed E-state index contributed by atoms with van der Waals surface area (Å²) in [5, 5.41) is 0. The lowest BCUT2D eigenvalue weighted by molar-refractivity contribution is 0.0857. The lowest BCUT2D eigenvalue weighted by Gasteiger charge is -2.22. The van der Waals surface area contributed by atoms with Crippen molar-refractivity contribution in [2.75, 3.05) is 27.4 Å². The first-order valence-electron chi connectivity index (χ1n) is 5.08. The highest BCUT2D eigenvalue weighted by Crippen LogP contribution is 2.41. The van der Waals surface area contributed by atoms with E-state index in [2.05, 4.69) is 5.48 Å². The minimum atomic E-state index is 0.546. The molecule has 16 heavy (non-hydrogen) atoms. The second-order valence-electron chi connectivity index (χ2n) is 3.31. The van der Waals surface area contributed by atoms with E-state index in [1.807, 2.05) is 12.1 Å². The first-order chi connectivity index (χ1) is 7.86. The zero-order valence-corrected chi connectivity index (χ0v) is 9.41. The Morgan fingerprint density at radius 1 is 1.25 bits per heavy atom. The molecule has 0 unspecified atom stereocenters. The van der Waals surface area contributed by atoms with Gasteiger partial charge in [0, 0.05) is 12.1 Å². The number of nitrogens with one attached hydrogen (secondary N) is 1. The number of ether oxygens (including phenoxy) is 3. The van der Waals surface area contributed by atoms with Gasteiger partial charge in [0.15, 0.2) is 11.5 Å². The fraction of sp³-hybridized carbons (Fsp3) is 0.455. The summed E-state index contributed by atoms with van der Waals surface area (Å²) in [6.07, 6.45) is 0. The second kappa shape index (κ2) is 5.05. The summed E-state index contributed by atoms with van der Waals surface area (Å²) in [5.74, 6) is 2.09. The number of hydrogen-bond donors (Lipinski definition) is 1. The molecule has 0 amide bonds. The molecule has 5 nitrogen and oxygen atoms in total. The van der Waals surface area contributed by atoms with Gasteiger partial charge in [0.25, 0.3) is 0 Å². The molecule has 0 fully saturated rings. The first-order valence-corrected chi connectivity index (χ1v) is 5.08. The number of hydroxylamine groups is 1. The normalized spacial score (nSPS) is 13.6.